The summed E-state index contributed by atoms with van der Waals surface area (Å²) in [5.41, 5.74) is 2.15. The van der Waals surface area contributed by atoms with Crippen LogP contribution in [-0.4, -0.2) is 56.3 Å². The molecular formula is C29H32BrN3O5S. The first-order chi connectivity index (χ1) is 18.5. The van der Waals surface area contributed by atoms with Crippen LogP contribution in [0.4, 0.5) is 5.69 Å². The number of halogens is 1. The number of carbonyl (C=O) groups excluding carboxylic acids is 3. The minimum Gasteiger partial charge on any atom is -0.355 e. The van der Waals surface area contributed by atoms with Gasteiger partial charge in [-0.1, -0.05) is 70.5 Å². The summed E-state index contributed by atoms with van der Waals surface area (Å²) in [4.78, 5) is 40.7. The van der Waals surface area contributed by atoms with Gasteiger partial charge in [-0.3, -0.25) is 18.7 Å². The number of benzene rings is 3. The molecule has 1 unspecified atom stereocenters. The van der Waals surface area contributed by atoms with Gasteiger partial charge in [0.25, 0.3) is 0 Å². The van der Waals surface area contributed by atoms with Gasteiger partial charge in [-0.2, -0.15) is 0 Å². The van der Waals surface area contributed by atoms with Crippen LogP contribution in [0, 0.1) is 0 Å². The van der Waals surface area contributed by atoms with Crippen molar-refractivity contribution in [3.05, 3.63) is 100 Å². The lowest BCUT2D eigenvalue weighted by Gasteiger charge is -2.33. The van der Waals surface area contributed by atoms with Gasteiger partial charge in [0.05, 0.1) is 11.9 Å². The van der Waals surface area contributed by atoms with E-state index in [1.165, 1.54) is 24.0 Å². The van der Waals surface area contributed by atoms with E-state index in [9.17, 15) is 22.8 Å². The van der Waals surface area contributed by atoms with Crippen molar-refractivity contribution in [2.45, 2.75) is 32.9 Å². The first-order valence-corrected chi connectivity index (χ1v) is 15.1. The number of hydrogen-bond donors (Lipinski definition) is 1. The zero-order valence-corrected chi connectivity index (χ0v) is 24.5. The molecule has 206 valence electrons. The number of nitrogens with zero attached hydrogens (tertiary/aromatic N) is 2. The van der Waals surface area contributed by atoms with Crippen molar-refractivity contribution in [1.82, 2.24) is 10.2 Å². The van der Waals surface area contributed by atoms with Gasteiger partial charge in [-0.05, 0) is 49.2 Å². The lowest BCUT2D eigenvalue weighted by Crippen LogP contribution is -2.53. The quantitative estimate of drug-likeness (QED) is 0.308. The lowest BCUT2D eigenvalue weighted by molar-refractivity contribution is -0.140. The zero-order valence-electron chi connectivity index (χ0n) is 22.1. The van der Waals surface area contributed by atoms with Crippen LogP contribution in [0.1, 0.15) is 35.3 Å². The number of rotatable bonds is 12. The van der Waals surface area contributed by atoms with E-state index in [4.69, 9.17) is 0 Å². The highest BCUT2D eigenvalue weighted by molar-refractivity contribution is 9.10. The number of amides is 2. The molecule has 10 heteroatoms. The first-order valence-electron chi connectivity index (χ1n) is 12.4. The Morgan fingerprint density at radius 1 is 0.923 bits per heavy atom. The molecule has 0 aliphatic rings. The maximum absolute atomic E-state index is 14.0. The number of Topliss-reactive ketones (excluding diaryl/α,β-unsaturated/α-hetero) is 1. The van der Waals surface area contributed by atoms with Gasteiger partial charge in [0.15, 0.2) is 5.78 Å². The normalized spacial score (nSPS) is 11.9. The Bertz CT molecular complexity index is 1410. The Kier molecular flexibility index (Phi) is 10.4. The van der Waals surface area contributed by atoms with Crippen molar-refractivity contribution in [2.24, 2.45) is 0 Å². The smallest absolute Gasteiger partial charge is 0.244 e. The van der Waals surface area contributed by atoms with Crippen LogP contribution in [-0.2, 0) is 32.6 Å². The molecule has 2 amide bonds. The summed E-state index contributed by atoms with van der Waals surface area (Å²) in [5.74, 6) is -1.12. The van der Waals surface area contributed by atoms with E-state index in [2.05, 4.69) is 21.2 Å². The third-order valence-corrected chi connectivity index (χ3v) is 7.78. The summed E-state index contributed by atoms with van der Waals surface area (Å²) in [6, 6.07) is 21.9. The largest absolute Gasteiger partial charge is 0.355 e. The van der Waals surface area contributed by atoms with E-state index < -0.39 is 28.5 Å². The van der Waals surface area contributed by atoms with Crippen LogP contribution in [0.15, 0.2) is 83.3 Å². The number of likely N-dealkylation sites (N-methyl/N-ethyl adjacent to an activating group) is 1. The predicted octanol–water partition coefficient (Wildman–Crippen LogP) is 4.19. The number of ketones is 1. The van der Waals surface area contributed by atoms with Crippen molar-refractivity contribution in [1.29, 1.82) is 0 Å². The number of sulfonamides is 1. The molecule has 3 rings (SSSR count). The van der Waals surface area contributed by atoms with Crippen molar-refractivity contribution >= 4 is 49.2 Å². The Balaban J connectivity index is 2.05. The molecular weight excluding hydrogens is 582 g/mol. The van der Waals surface area contributed by atoms with E-state index >= 15 is 0 Å². The molecule has 0 aromatic heterocycles. The van der Waals surface area contributed by atoms with E-state index in [0.29, 0.717) is 12.1 Å². The van der Waals surface area contributed by atoms with Gasteiger partial charge in [-0.15, -0.1) is 0 Å². The highest BCUT2D eigenvalue weighted by atomic mass is 79.9. The molecule has 0 heterocycles. The van der Waals surface area contributed by atoms with Gasteiger partial charge in [0, 0.05) is 29.5 Å². The average Bonchev–Trinajstić information content (AvgIpc) is 2.90. The molecule has 3 aromatic carbocycles. The standard InChI is InChI=1S/C29H32BrN3O5S/c1-4-31-29(36)27(17-22-9-6-5-7-10-22)32(19-23-13-15-25(30)16-14-23)28(35)20-33(39(3,37)38)26-12-8-11-24(18-26)21(2)34/h5-16,18,27H,4,17,19-20H2,1-3H3,(H,31,36). The van der Waals surface area contributed by atoms with Crippen LogP contribution < -0.4 is 9.62 Å². The highest BCUT2D eigenvalue weighted by Crippen LogP contribution is 2.22. The summed E-state index contributed by atoms with van der Waals surface area (Å²) in [6.07, 6.45) is 1.25. The highest BCUT2D eigenvalue weighted by Gasteiger charge is 2.33. The topological polar surface area (TPSA) is 104 Å². The van der Waals surface area contributed by atoms with Crippen LogP contribution in [0.25, 0.3) is 0 Å². The van der Waals surface area contributed by atoms with E-state index in [-0.39, 0.29) is 30.3 Å². The monoisotopic (exact) mass is 613 g/mol. The third kappa shape index (κ3) is 8.49. The van der Waals surface area contributed by atoms with Crippen LogP contribution in [0.2, 0.25) is 0 Å². The molecule has 0 aliphatic carbocycles. The van der Waals surface area contributed by atoms with Crippen molar-refractivity contribution < 1.29 is 22.8 Å². The number of hydrogen-bond acceptors (Lipinski definition) is 5. The molecule has 39 heavy (non-hydrogen) atoms. The molecule has 0 radical (unpaired) electrons. The molecule has 0 fully saturated rings. The second-order valence-electron chi connectivity index (χ2n) is 9.12. The van der Waals surface area contributed by atoms with Gasteiger partial charge >= 0.3 is 0 Å². The summed E-state index contributed by atoms with van der Waals surface area (Å²) >= 11 is 3.41. The van der Waals surface area contributed by atoms with Crippen molar-refractivity contribution in [2.75, 3.05) is 23.7 Å². The fourth-order valence-corrected chi connectivity index (χ4v) is 5.23. The SMILES string of the molecule is CCNC(=O)C(Cc1ccccc1)N(Cc1ccc(Br)cc1)C(=O)CN(c1cccc(C(C)=O)c1)S(C)(=O)=O. The summed E-state index contributed by atoms with van der Waals surface area (Å²) in [6.45, 7) is 3.10. The molecule has 0 aliphatic heterocycles. The average molecular weight is 615 g/mol. The van der Waals surface area contributed by atoms with E-state index in [1.807, 2.05) is 54.6 Å². The van der Waals surface area contributed by atoms with Crippen LogP contribution >= 0.6 is 15.9 Å². The molecule has 0 saturated heterocycles. The Morgan fingerprint density at radius 2 is 1.59 bits per heavy atom. The second kappa shape index (κ2) is 13.5. The van der Waals surface area contributed by atoms with Crippen molar-refractivity contribution in [3.8, 4) is 0 Å². The van der Waals surface area contributed by atoms with Gasteiger partial charge < -0.3 is 10.2 Å². The van der Waals surface area contributed by atoms with E-state index in [1.54, 1.807) is 19.1 Å². The van der Waals surface area contributed by atoms with Gasteiger partial charge in [-0.25, -0.2) is 8.42 Å². The van der Waals surface area contributed by atoms with Crippen molar-refractivity contribution in [3.63, 3.8) is 0 Å². The van der Waals surface area contributed by atoms with Crippen LogP contribution in [0.5, 0.6) is 0 Å². The summed E-state index contributed by atoms with van der Waals surface area (Å²) in [5, 5.41) is 2.82. The number of nitrogens with one attached hydrogen (secondary N) is 1. The molecule has 1 atom stereocenters. The second-order valence-corrected chi connectivity index (χ2v) is 11.9. The minimum absolute atomic E-state index is 0.0891. The maximum Gasteiger partial charge on any atom is 0.244 e. The number of anilines is 1. The van der Waals surface area contributed by atoms with Gasteiger partial charge in [0.2, 0.25) is 21.8 Å². The number of carbonyl (C=O) groups is 3. The summed E-state index contributed by atoms with van der Waals surface area (Å²) in [7, 11) is -3.91. The molecule has 3 aromatic rings. The van der Waals surface area contributed by atoms with E-state index in [0.717, 1.165) is 26.2 Å². The Hall–Kier alpha value is -3.50. The molecule has 8 nitrogen and oxygen atoms in total. The Labute approximate surface area is 238 Å². The fourth-order valence-electron chi connectivity index (χ4n) is 4.13. The third-order valence-electron chi connectivity index (χ3n) is 6.11. The lowest BCUT2D eigenvalue weighted by atomic mass is 10.0. The Morgan fingerprint density at radius 3 is 2.18 bits per heavy atom. The molecule has 1 N–H and O–H groups in total. The molecule has 0 spiro atoms. The minimum atomic E-state index is -3.91. The maximum atomic E-state index is 14.0. The molecule has 0 saturated carbocycles. The van der Waals surface area contributed by atoms with Crippen LogP contribution in [0.3, 0.4) is 0 Å². The fraction of sp³-hybridized carbons (Fsp3) is 0.276. The summed E-state index contributed by atoms with van der Waals surface area (Å²) < 4.78 is 27.5. The zero-order chi connectivity index (χ0) is 28.6. The molecule has 0 bridgehead atoms. The van der Waals surface area contributed by atoms with Gasteiger partial charge in [0.1, 0.15) is 12.6 Å². The first kappa shape index (κ1) is 30.0. The predicted molar refractivity (Wildman–Crippen MR) is 156 cm³/mol.